The summed E-state index contributed by atoms with van der Waals surface area (Å²) in [6, 6.07) is 17.0. The second kappa shape index (κ2) is 11.6. The van der Waals surface area contributed by atoms with Crippen LogP contribution in [0.5, 0.6) is 0 Å². The highest BCUT2D eigenvalue weighted by Gasteiger charge is 2.56. The van der Waals surface area contributed by atoms with Crippen LogP contribution in [0.1, 0.15) is 39.2 Å². The summed E-state index contributed by atoms with van der Waals surface area (Å²) in [7, 11) is 0. The van der Waals surface area contributed by atoms with E-state index in [4.69, 9.17) is 4.74 Å². The average Bonchev–Trinajstić information content (AvgIpc) is 3.45. The topological polar surface area (TPSA) is 128 Å². The molecule has 218 valence electrons. The zero-order valence-corrected chi connectivity index (χ0v) is 24.8. The molecule has 43 heavy (non-hydrogen) atoms. The van der Waals surface area contributed by atoms with E-state index in [1.54, 1.807) is 49.6 Å². The molecule has 2 aliphatic rings. The maximum absolute atomic E-state index is 14.0. The summed E-state index contributed by atoms with van der Waals surface area (Å²) < 4.78 is 6.42. The molecule has 10 nitrogen and oxygen atoms in total. The number of nitrogens with zero attached hydrogens (tertiary/aromatic N) is 3. The number of pyridine rings is 1. The molecule has 2 aromatic carbocycles. The van der Waals surface area contributed by atoms with Crippen LogP contribution in [0.25, 0.3) is 0 Å². The molecular weight excluding hydrogens is 588 g/mol. The Bertz CT molecular complexity index is 1780. The number of imide groups is 1. The number of hydrogen-bond donors (Lipinski definition) is 1. The minimum atomic E-state index is -0.838. The first-order valence-corrected chi connectivity index (χ1v) is 15.3. The number of benzene rings is 2. The summed E-state index contributed by atoms with van der Waals surface area (Å²) in [5, 5.41) is 2.47. The first-order valence-electron chi connectivity index (χ1n) is 13.6. The van der Waals surface area contributed by atoms with Gasteiger partial charge in [0.2, 0.25) is 17.7 Å². The van der Waals surface area contributed by atoms with E-state index in [1.165, 1.54) is 16.7 Å². The molecule has 0 radical (unpaired) electrons. The lowest BCUT2D eigenvalue weighted by atomic mass is 9.84. The predicted molar refractivity (Wildman–Crippen MR) is 162 cm³/mol. The van der Waals surface area contributed by atoms with Crippen LogP contribution in [-0.2, 0) is 25.7 Å². The molecule has 2 aromatic heterocycles. The monoisotopic (exact) mass is 614 g/mol. The van der Waals surface area contributed by atoms with Gasteiger partial charge in [0.1, 0.15) is 11.8 Å². The number of amides is 3. The molecule has 3 amide bonds. The molecule has 0 aliphatic carbocycles. The molecule has 1 N–H and O–H groups in total. The van der Waals surface area contributed by atoms with Gasteiger partial charge in [-0.3, -0.25) is 28.7 Å². The number of carbonyl (C=O) groups is 4. The van der Waals surface area contributed by atoms with Crippen molar-refractivity contribution in [1.82, 2.24) is 9.55 Å². The van der Waals surface area contributed by atoms with Crippen LogP contribution in [0.4, 0.5) is 11.4 Å². The fourth-order valence-electron chi connectivity index (χ4n) is 5.37. The third-order valence-electron chi connectivity index (χ3n) is 7.37. The van der Waals surface area contributed by atoms with Crippen LogP contribution in [-0.4, -0.2) is 45.1 Å². The van der Waals surface area contributed by atoms with E-state index in [0.717, 1.165) is 33.6 Å². The largest absolute Gasteiger partial charge is 0.462 e. The highest BCUT2D eigenvalue weighted by molar-refractivity contribution is 8.00. The maximum atomic E-state index is 14.0. The smallest absolute Gasteiger partial charge is 0.338 e. The summed E-state index contributed by atoms with van der Waals surface area (Å²) in [4.78, 5) is 71.9. The lowest BCUT2D eigenvalue weighted by Gasteiger charge is -2.30. The van der Waals surface area contributed by atoms with E-state index in [9.17, 15) is 24.0 Å². The van der Waals surface area contributed by atoms with Crippen LogP contribution in [0.3, 0.4) is 0 Å². The second-order valence-electron chi connectivity index (χ2n) is 10.1. The number of carbonyl (C=O) groups excluding carboxylic acids is 4. The van der Waals surface area contributed by atoms with Gasteiger partial charge < -0.3 is 10.1 Å². The molecule has 2 aliphatic heterocycles. The molecule has 4 aromatic rings. The highest BCUT2D eigenvalue weighted by Crippen LogP contribution is 2.53. The number of thiazole rings is 1. The zero-order chi connectivity index (χ0) is 30.2. The van der Waals surface area contributed by atoms with Gasteiger partial charge in [-0.1, -0.05) is 46.9 Å². The lowest BCUT2D eigenvalue weighted by Crippen LogP contribution is -2.33. The molecule has 3 atom stereocenters. The van der Waals surface area contributed by atoms with Crippen molar-refractivity contribution in [1.29, 1.82) is 0 Å². The third kappa shape index (κ3) is 5.28. The minimum Gasteiger partial charge on any atom is -0.462 e. The van der Waals surface area contributed by atoms with Crippen molar-refractivity contribution in [3.05, 3.63) is 104 Å². The van der Waals surface area contributed by atoms with Crippen molar-refractivity contribution >= 4 is 58.2 Å². The van der Waals surface area contributed by atoms with Gasteiger partial charge in [-0.15, -0.1) is 0 Å². The lowest BCUT2D eigenvalue weighted by molar-refractivity contribution is -0.122. The minimum absolute atomic E-state index is 0.225. The third-order valence-corrected chi connectivity index (χ3v) is 9.97. The van der Waals surface area contributed by atoms with Crippen molar-refractivity contribution in [2.75, 3.05) is 16.8 Å². The summed E-state index contributed by atoms with van der Waals surface area (Å²) in [6.07, 6.45) is 3.25. The Morgan fingerprint density at radius 2 is 1.74 bits per heavy atom. The van der Waals surface area contributed by atoms with Gasteiger partial charge in [-0.05, 0) is 61.9 Å². The van der Waals surface area contributed by atoms with Crippen molar-refractivity contribution in [3.63, 3.8) is 0 Å². The van der Waals surface area contributed by atoms with Crippen LogP contribution in [0.15, 0.2) is 82.9 Å². The molecular formula is C31H26N4O6S2. The molecule has 0 spiro atoms. The predicted octanol–water partition coefficient (Wildman–Crippen LogP) is 4.22. The van der Waals surface area contributed by atoms with Gasteiger partial charge in [0, 0.05) is 28.9 Å². The van der Waals surface area contributed by atoms with E-state index < -0.39 is 34.9 Å². The number of ether oxygens (including phenoxy) is 1. The quantitative estimate of drug-likeness (QED) is 0.242. The highest BCUT2D eigenvalue weighted by atomic mass is 32.2. The van der Waals surface area contributed by atoms with Gasteiger partial charge in [-0.2, -0.15) is 0 Å². The Morgan fingerprint density at radius 3 is 2.42 bits per heavy atom. The molecule has 4 heterocycles. The number of thioether (sulfide) groups is 1. The number of hydrogen-bond acceptors (Lipinski definition) is 9. The Labute approximate surface area is 254 Å². The van der Waals surface area contributed by atoms with Crippen LogP contribution in [0, 0.1) is 12.8 Å². The number of esters is 1. The number of aryl methyl sites for hydroxylation is 1. The molecule has 1 fully saturated rings. The van der Waals surface area contributed by atoms with E-state index in [2.05, 4.69) is 10.3 Å². The molecule has 0 bridgehead atoms. The van der Waals surface area contributed by atoms with E-state index in [1.807, 2.05) is 25.1 Å². The van der Waals surface area contributed by atoms with Crippen LogP contribution < -0.4 is 15.1 Å². The van der Waals surface area contributed by atoms with E-state index in [-0.39, 0.29) is 23.9 Å². The van der Waals surface area contributed by atoms with E-state index >= 15 is 0 Å². The summed E-state index contributed by atoms with van der Waals surface area (Å²) in [5.74, 6) is -3.14. The van der Waals surface area contributed by atoms with Crippen LogP contribution >= 0.6 is 23.1 Å². The molecule has 6 rings (SSSR count). The molecule has 1 saturated heterocycles. The zero-order valence-electron chi connectivity index (χ0n) is 23.2. The van der Waals surface area contributed by atoms with Crippen molar-refractivity contribution in [2.45, 2.75) is 36.6 Å². The second-order valence-corrected chi connectivity index (χ2v) is 12.3. The summed E-state index contributed by atoms with van der Waals surface area (Å²) in [6.45, 7) is 3.63. The Balaban J connectivity index is 1.35. The van der Waals surface area contributed by atoms with Gasteiger partial charge in [-0.25, -0.2) is 9.69 Å². The maximum Gasteiger partial charge on any atom is 0.338 e. The number of nitrogens with one attached hydrogen (secondary N) is 1. The number of fused-ring (bicyclic) bond motifs is 2. The SMILES string of the molecule is CCOC(=O)c1ccc(N2C(=O)C3Sc4c(sc(=O)n4CC(=O)Nc4ccc(C)cc4)[C@H](c4cccnc4)C3C2=O)cc1. The number of rotatable bonds is 7. The first-order chi connectivity index (χ1) is 20.8. The average molecular weight is 615 g/mol. The van der Waals surface area contributed by atoms with Gasteiger partial charge >= 0.3 is 10.8 Å². The molecule has 12 heteroatoms. The first kappa shape index (κ1) is 28.6. The molecule has 0 saturated carbocycles. The fourth-order valence-corrected chi connectivity index (χ4v) is 8.14. The number of anilines is 2. The van der Waals surface area contributed by atoms with Crippen molar-refractivity contribution in [2.24, 2.45) is 5.92 Å². The van der Waals surface area contributed by atoms with Crippen molar-refractivity contribution in [3.8, 4) is 0 Å². The van der Waals surface area contributed by atoms with Gasteiger partial charge in [0.15, 0.2) is 0 Å². The van der Waals surface area contributed by atoms with Crippen molar-refractivity contribution < 1.29 is 23.9 Å². The van der Waals surface area contributed by atoms with Crippen LogP contribution in [0.2, 0.25) is 0 Å². The standard InChI is InChI=1S/C31H26N4O6S2/c1-3-41-30(39)18-8-12-21(13-9-18)35-27(37)24-23(19-5-4-14-32-15-19)26-29(42-25(24)28(35)38)34(31(40)43-26)16-22(36)33-20-10-6-17(2)7-11-20/h4-15,23-25H,3,16H2,1-2H3,(H,33,36)/t23-,24?,25?/m1/s1. The molecule has 2 unspecified atom stereocenters. The fraction of sp³-hybridized carbons (Fsp3) is 0.226. The Kier molecular flexibility index (Phi) is 7.72. The van der Waals surface area contributed by atoms with Gasteiger partial charge in [0.25, 0.3) is 0 Å². The summed E-state index contributed by atoms with van der Waals surface area (Å²) in [5.41, 5.74) is 2.99. The normalized spacial score (nSPS) is 19.1. The van der Waals surface area contributed by atoms with E-state index in [0.29, 0.717) is 32.4 Å². The number of aromatic nitrogens is 2. The Morgan fingerprint density at radius 1 is 1.00 bits per heavy atom. The van der Waals surface area contributed by atoms with Gasteiger partial charge in [0.05, 0.1) is 28.8 Å². The summed E-state index contributed by atoms with van der Waals surface area (Å²) >= 11 is 2.11. The Hall–Kier alpha value is -4.55.